The van der Waals surface area contributed by atoms with Crippen molar-refractivity contribution in [2.75, 3.05) is 18.0 Å². The number of nitrogens with one attached hydrogen (secondary N) is 1. The van der Waals surface area contributed by atoms with Crippen molar-refractivity contribution in [1.29, 1.82) is 0 Å². The number of anilines is 1. The first-order valence-electron chi connectivity index (χ1n) is 9.72. The maximum Gasteiger partial charge on any atom is 0.268 e. The Morgan fingerprint density at radius 3 is 2.70 bits per heavy atom. The summed E-state index contributed by atoms with van der Waals surface area (Å²) in [6.45, 7) is 6.82. The van der Waals surface area contributed by atoms with Crippen molar-refractivity contribution < 1.29 is 4.79 Å². The Kier molecular flexibility index (Phi) is 6.27. The van der Waals surface area contributed by atoms with Crippen LogP contribution < -0.4 is 15.8 Å². The average Bonchev–Trinajstić information content (AvgIpc) is 2.68. The molecule has 3 rings (SSSR count). The minimum absolute atomic E-state index is 0.0273. The minimum atomic E-state index is -0.0626. The Morgan fingerprint density at radius 2 is 2.04 bits per heavy atom. The SMILES string of the molecule is CCCn1ncc(N2CCC(C(=O)NCc3cccc(C)c3)CC2)cc1=O. The zero-order valence-electron chi connectivity index (χ0n) is 16.1. The van der Waals surface area contributed by atoms with E-state index in [1.807, 2.05) is 19.1 Å². The molecular weight excluding hydrogens is 340 g/mol. The number of carbonyl (C=O) groups is 1. The summed E-state index contributed by atoms with van der Waals surface area (Å²) in [5.74, 6) is 0.145. The second kappa shape index (κ2) is 8.84. The van der Waals surface area contributed by atoms with Crippen molar-refractivity contribution in [3.8, 4) is 0 Å². The molecule has 1 aliphatic heterocycles. The van der Waals surface area contributed by atoms with Crippen LogP contribution in [-0.4, -0.2) is 28.8 Å². The van der Waals surface area contributed by atoms with Crippen LogP contribution in [0.5, 0.6) is 0 Å². The maximum atomic E-state index is 12.5. The lowest BCUT2D eigenvalue weighted by molar-refractivity contribution is -0.125. The lowest BCUT2D eigenvalue weighted by Crippen LogP contribution is -2.41. The van der Waals surface area contributed by atoms with Crippen molar-refractivity contribution in [2.45, 2.75) is 46.2 Å². The molecule has 1 aromatic heterocycles. The van der Waals surface area contributed by atoms with E-state index in [2.05, 4.69) is 34.4 Å². The standard InChI is InChI=1S/C21H28N4O2/c1-3-9-25-20(26)13-19(15-23-25)24-10-7-18(8-11-24)21(27)22-14-17-6-4-5-16(2)12-17/h4-6,12-13,15,18H,3,7-11,14H2,1-2H3,(H,22,27). The zero-order chi connectivity index (χ0) is 19.2. The molecule has 0 spiro atoms. The van der Waals surface area contributed by atoms with Gasteiger partial charge in [0.05, 0.1) is 11.9 Å². The third kappa shape index (κ3) is 4.96. The van der Waals surface area contributed by atoms with Gasteiger partial charge in [0, 0.05) is 38.2 Å². The highest BCUT2D eigenvalue weighted by Crippen LogP contribution is 2.22. The second-order valence-corrected chi connectivity index (χ2v) is 7.24. The number of benzene rings is 1. The highest BCUT2D eigenvalue weighted by atomic mass is 16.2. The summed E-state index contributed by atoms with van der Waals surface area (Å²) in [5.41, 5.74) is 3.11. The number of rotatable bonds is 6. The van der Waals surface area contributed by atoms with Crippen LogP contribution in [0.4, 0.5) is 5.69 Å². The molecule has 1 amide bonds. The summed E-state index contributed by atoms with van der Waals surface area (Å²) in [6.07, 6.45) is 4.22. The number of nitrogens with zero attached hydrogens (tertiary/aromatic N) is 3. The van der Waals surface area contributed by atoms with Gasteiger partial charge in [-0.2, -0.15) is 5.10 Å². The van der Waals surface area contributed by atoms with Crippen LogP contribution in [0.15, 0.2) is 41.3 Å². The fraction of sp³-hybridized carbons (Fsp3) is 0.476. The molecule has 6 nitrogen and oxygen atoms in total. The smallest absolute Gasteiger partial charge is 0.268 e. The Labute approximate surface area is 160 Å². The first-order valence-corrected chi connectivity index (χ1v) is 9.72. The van der Waals surface area contributed by atoms with Crippen LogP contribution in [0.3, 0.4) is 0 Å². The molecule has 6 heteroatoms. The zero-order valence-corrected chi connectivity index (χ0v) is 16.1. The predicted molar refractivity (Wildman–Crippen MR) is 107 cm³/mol. The molecule has 1 aromatic carbocycles. The molecule has 0 atom stereocenters. The summed E-state index contributed by atoms with van der Waals surface area (Å²) in [7, 11) is 0. The van der Waals surface area contributed by atoms with Gasteiger partial charge in [-0.05, 0) is 31.7 Å². The summed E-state index contributed by atoms with van der Waals surface area (Å²) < 4.78 is 1.50. The van der Waals surface area contributed by atoms with Crippen LogP contribution in [0.2, 0.25) is 0 Å². The predicted octanol–water partition coefficient (Wildman–Crippen LogP) is 2.49. The maximum absolute atomic E-state index is 12.5. The number of aryl methyl sites for hydroxylation is 2. The molecule has 2 aromatic rings. The third-order valence-corrected chi connectivity index (χ3v) is 5.07. The highest BCUT2D eigenvalue weighted by molar-refractivity contribution is 5.79. The van der Waals surface area contributed by atoms with E-state index in [4.69, 9.17) is 0 Å². The number of amides is 1. The van der Waals surface area contributed by atoms with E-state index in [0.717, 1.165) is 43.6 Å². The molecule has 1 N–H and O–H groups in total. The molecular formula is C21H28N4O2. The lowest BCUT2D eigenvalue weighted by Gasteiger charge is -2.32. The van der Waals surface area contributed by atoms with E-state index in [0.29, 0.717) is 13.1 Å². The first kappa shape index (κ1) is 19.1. The molecule has 1 fully saturated rings. The second-order valence-electron chi connectivity index (χ2n) is 7.24. The van der Waals surface area contributed by atoms with Crippen molar-refractivity contribution >= 4 is 11.6 Å². The van der Waals surface area contributed by atoms with Gasteiger partial charge in [-0.25, -0.2) is 4.68 Å². The van der Waals surface area contributed by atoms with Crippen LogP contribution in [0, 0.1) is 12.8 Å². The minimum Gasteiger partial charge on any atom is -0.370 e. The molecule has 1 saturated heterocycles. The lowest BCUT2D eigenvalue weighted by atomic mass is 9.95. The Morgan fingerprint density at radius 1 is 1.26 bits per heavy atom. The van der Waals surface area contributed by atoms with Gasteiger partial charge in [0.25, 0.3) is 5.56 Å². The van der Waals surface area contributed by atoms with Crippen molar-refractivity contribution in [3.05, 3.63) is 58.0 Å². The molecule has 0 radical (unpaired) electrons. The van der Waals surface area contributed by atoms with Crippen LogP contribution in [0.25, 0.3) is 0 Å². The van der Waals surface area contributed by atoms with E-state index in [1.165, 1.54) is 10.2 Å². The van der Waals surface area contributed by atoms with Gasteiger partial charge in [-0.1, -0.05) is 36.8 Å². The summed E-state index contributed by atoms with van der Waals surface area (Å²) in [5, 5.41) is 7.31. The fourth-order valence-electron chi connectivity index (χ4n) is 3.53. The van der Waals surface area contributed by atoms with E-state index in [9.17, 15) is 9.59 Å². The number of carbonyl (C=O) groups excluding carboxylic acids is 1. The van der Waals surface area contributed by atoms with Crippen molar-refractivity contribution in [1.82, 2.24) is 15.1 Å². The van der Waals surface area contributed by atoms with Gasteiger partial charge >= 0.3 is 0 Å². The van der Waals surface area contributed by atoms with E-state index in [-0.39, 0.29) is 17.4 Å². The van der Waals surface area contributed by atoms with Gasteiger partial charge in [-0.3, -0.25) is 9.59 Å². The quantitative estimate of drug-likeness (QED) is 0.851. The number of piperidine rings is 1. The largest absolute Gasteiger partial charge is 0.370 e. The number of aromatic nitrogens is 2. The topological polar surface area (TPSA) is 67.2 Å². The summed E-state index contributed by atoms with van der Waals surface area (Å²) in [4.78, 5) is 26.7. The highest BCUT2D eigenvalue weighted by Gasteiger charge is 2.25. The average molecular weight is 368 g/mol. The van der Waals surface area contributed by atoms with Gasteiger partial charge in [0.1, 0.15) is 0 Å². The molecule has 0 saturated carbocycles. The molecule has 2 heterocycles. The molecule has 144 valence electrons. The van der Waals surface area contributed by atoms with Crippen molar-refractivity contribution in [3.63, 3.8) is 0 Å². The number of hydrogen-bond acceptors (Lipinski definition) is 4. The molecule has 0 aliphatic carbocycles. The molecule has 0 unspecified atom stereocenters. The normalized spacial score (nSPS) is 15.0. The molecule has 1 aliphatic rings. The van der Waals surface area contributed by atoms with Gasteiger partial charge in [0.15, 0.2) is 0 Å². The summed E-state index contributed by atoms with van der Waals surface area (Å²) >= 11 is 0. The molecule has 0 bridgehead atoms. The van der Waals surface area contributed by atoms with E-state index in [1.54, 1.807) is 12.3 Å². The van der Waals surface area contributed by atoms with Crippen LogP contribution in [-0.2, 0) is 17.9 Å². The van der Waals surface area contributed by atoms with Crippen molar-refractivity contribution in [2.24, 2.45) is 5.92 Å². The summed E-state index contributed by atoms with van der Waals surface area (Å²) in [6, 6.07) is 9.84. The van der Waals surface area contributed by atoms with Gasteiger partial charge in [0.2, 0.25) is 5.91 Å². The Bertz CT molecular complexity index is 838. The molecule has 27 heavy (non-hydrogen) atoms. The van der Waals surface area contributed by atoms with Crippen LogP contribution in [0.1, 0.15) is 37.3 Å². The first-order chi connectivity index (χ1) is 13.1. The van der Waals surface area contributed by atoms with E-state index >= 15 is 0 Å². The Balaban J connectivity index is 1.51. The number of hydrogen-bond donors (Lipinski definition) is 1. The third-order valence-electron chi connectivity index (χ3n) is 5.07. The Hall–Kier alpha value is -2.63. The van der Waals surface area contributed by atoms with Gasteiger partial charge in [-0.15, -0.1) is 0 Å². The monoisotopic (exact) mass is 368 g/mol. The van der Waals surface area contributed by atoms with Crippen LogP contribution >= 0.6 is 0 Å². The fourth-order valence-corrected chi connectivity index (χ4v) is 3.53. The van der Waals surface area contributed by atoms with E-state index < -0.39 is 0 Å². The van der Waals surface area contributed by atoms with Gasteiger partial charge < -0.3 is 10.2 Å².